The van der Waals surface area contributed by atoms with E-state index in [0.29, 0.717) is 12.4 Å². The summed E-state index contributed by atoms with van der Waals surface area (Å²) in [5, 5.41) is 18.9. The summed E-state index contributed by atoms with van der Waals surface area (Å²) >= 11 is 1.65. The second-order valence-corrected chi connectivity index (χ2v) is 5.47. The van der Waals surface area contributed by atoms with Crippen molar-refractivity contribution in [2.45, 2.75) is 20.0 Å². The molecule has 0 radical (unpaired) electrons. The molecule has 0 atom stereocenters. The monoisotopic (exact) mass is 300 g/mol. The van der Waals surface area contributed by atoms with Crippen molar-refractivity contribution >= 4 is 11.3 Å². The number of thiazole rings is 1. The zero-order valence-corrected chi connectivity index (χ0v) is 12.5. The van der Waals surface area contributed by atoms with Crippen LogP contribution in [0, 0.1) is 0 Å². The number of tetrazole rings is 1. The Labute approximate surface area is 126 Å². The standard InChI is InChI=1S/C14H16N6S/c1-2-15-8-13-16-12(10-21-13)9-20-18-14(17-19-20)11-6-4-3-5-7-11/h3-7,10,15H,2,8-9H2,1H3. The van der Waals surface area contributed by atoms with Crippen LogP contribution in [-0.2, 0) is 13.1 Å². The third-order valence-corrected chi connectivity index (χ3v) is 3.81. The number of hydrogen-bond acceptors (Lipinski definition) is 6. The second-order valence-electron chi connectivity index (χ2n) is 4.52. The number of nitrogens with one attached hydrogen (secondary N) is 1. The van der Waals surface area contributed by atoms with Crippen molar-refractivity contribution in [1.82, 2.24) is 30.5 Å². The Balaban J connectivity index is 1.68. The molecule has 108 valence electrons. The molecule has 0 fully saturated rings. The Morgan fingerprint density at radius 1 is 1.24 bits per heavy atom. The number of nitrogens with zero attached hydrogens (tertiary/aromatic N) is 5. The molecule has 0 aliphatic rings. The number of benzene rings is 1. The molecule has 0 unspecified atom stereocenters. The van der Waals surface area contributed by atoms with E-state index < -0.39 is 0 Å². The van der Waals surface area contributed by atoms with Gasteiger partial charge in [-0.25, -0.2) is 4.98 Å². The fourth-order valence-electron chi connectivity index (χ4n) is 1.89. The fourth-order valence-corrected chi connectivity index (χ4v) is 2.65. The van der Waals surface area contributed by atoms with Crippen molar-refractivity contribution in [2.24, 2.45) is 0 Å². The maximum absolute atomic E-state index is 4.55. The highest BCUT2D eigenvalue weighted by atomic mass is 32.1. The average Bonchev–Trinajstić information content (AvgIpc) is 3.16. The van der Waals surface area contributed by atoms with Gasteiger partial charge < -0.3 is 5.32 Å². The third-order valence-electron chi connectivity index (χ3n) is 2.91. The molecular weight excluding hydrogens is 284 g/mol. The summed E-state index contributed by atoms with van der Waals surface area (Å²) in [4.78, 5) is 6.13. The van der Waals surface area contributed by atoms with Crippen LogP contribution < -0.4 is 5.32 Å². The molecule has 21 heavy (non-hydrogen) atoms. The van der Waals surface area contributed by atoms with E-state index in [0.717, 1.165) is 29.4 Å². The topological polar surface area (TPSA) is 68.5 Å². The summed E-state index contributed by atoms with van der Waals surface area (Å²) in [5.41, 5.74) is 1.93. The van der Waals surface area contributed by atoms with Crippen molar-refractivity contribution in [3.05, 3.63) is 46.4 Å². The molecule has 2 aromatic heterocycles. The van der Waals surface area contributed by atoms with Crippen LogP contribution in [0.25, 0.3) is 11.4 Å². The van der Waals surface area contributed by atoms with Gasteiger partial charge in [-0.05, 0) is 11.8 Å². The normalized spacial score (nSPS) is 10.9. The lowest BCUT2D eigenvalue weighted by atomic mass is 10.2. The first-order valence-corrected chi connectivity index (χ1v) is 7.70. The van der Waals surface area contributed by atoms with Crippen LogP contribution in [0.5, 0.6) is 0 Å². The minimum Gasteiger partial charge on any atom is -0.311 e. The van der Waals surface area contributed by atoms with Gasteiger partial charge >= 0.3 is 0 Å². The molecule has 0 saturated heterocycles. The highest BCUT2D eigenvalue weighted by molar-refractivity contribution is 7.09. The molecule has 0 spiro atoms. The molecule has 3 aromatic rings. The second kappa shape index (κ2) is 6.55. The van der Waals surface area contributed by atoms with Crippen LogP contribution in [0.3, 0.4) is 0 Å². The lowest BCUT2D eigenvalue weighted by Crippen LogP contribution is -2.11. The van der Waals surface area contributed by atoms with Crippen LogP contribution in [0.1, 0.15) is 17.6 Å². The molecule has 1 N–H and O–H groups in total. The van der Waals surface area contributed by atoms with Crippen molar-refractivity contribution in [2.75, 3.05) is 6.54 Å². The van der Waals surface area contributed by atoms with Gasteiger partial charge in [0.15, 0.2) is 0 Å². The third kappa shape index (κ3) is 3.50. The lowest BCUT2D eigenvalue weighted by molar-refractivity contribution is 0.564. The molecule has 6 nitrogen and oxygen atoms in total. The van der Waals surface area contributed by atoms with Crippen LogP contribution in [0.15, 0.2) is 35.7 Å². The zero-order valence-electron chi connectivity index (χ0n) is 11.7. The Hall–Kier alpha value is -2.12. The molecule has 0 aliphatic carbocycles. The SMILES string of the molecule is CCNCc1nc(Cn2nnc(-c3ccccc3)n2)cs1. The van der Waals surface area contributed by atoms with Crippen LogP contribution in [0.2, 0.25) is 0 Å². The first kappa shape index (κ1) is 13.8. The van der Waals surface area contributed by atoms with E-state index in [4.69, 9.17) is 0 Å². The van der Waals surface area contributed by atoms with Gasteiger partial charge in [0.1, 0.15) is 11.6 Å². The Morgan fingerprint density at radius 3 is 2.90 bits per heavy atom. The fraction of sp³-hybridized carbons (Fsp3) is 0.286. The minimum atomic E-state index is 0.544. The predicted octanol–water partition coefficient (Wildman–Crippen LogP) is 1.95. The van der Waals surface area contributed by atoms with Gasteiger partial charge in [-0.3, -0.25) is 0 Å². The highest BCUT2D eigenvalue weighted by Crippen LogP contribution is 2.13. The largest absolute Gasteiger partial charge is 0.311 e. The van der Waals surface area contributed by atoms with Gasteiger partial charge in [-0.15, -0.1) is 21.5 Å². The van der Waals surface area contributed by atoms with Crippen LogP contribution >= 0.6 is 11.3 Å². The van der Waals surface area contributed by atoms with Crippen molar-refractivity contribution in [3.8, 4) is 11.4 Å². The van der Waals surface area contributed by atoms with E-state index in [-0.39, 0.29) is 0 Å². The van der Waals surface area contributed by atoms with E-state index in [9.17, 15) is 0 Å². The summed E-state index contributed by atoms with van der Waals surface area (Å²) in [6, 6.07) is 9.83. The Bertz CT molecular complexity index is 690. The van der Waals surface area contributed by atoms with Crippen LogP contribution in [0.4, 0.5) is 0 Å². The number of aromatic nitrogens is 5. The zero-order chi connectivity index (χ0) is 14.5. The van der Waals surface area contributed by atoms with Crippen molar-refractivity contribution in [3.63, 3.8) is 0 Å². The van der Waals surface area contributed by atoms with Gasteiger partial charge in [0.2, 0.25) is 5.82 Å². The van der Waals surface area contributed by atoms with Gasteiger partial charge in [-0.2, -0.15) is 4.80 Å². The Kier molecular flexibility index (Phi) is 4.32. The smallest absolute Gasteiger partial charge is 0.204 e. The van der Waals surface area contributed by atoms with Gasteiger partial charge in [0, 0.05) is 17.5 Å². The summed E-state index contributed by atoms with van der Waals surface area (Å²) in [6.45, 7) is 4.38. The maximum atomic E-state index is 4.55. The van der Waals surface area contributed by atoms with E-state index >= 15 is 0 Å². The summed E-state index contributed by atoms with van der Waals surface area (Å²) in [7, 11) is 0. The summed E-state index contributed by atoms with van der Waals surface area (Å²) < 4.78 is 0. The van der Waals surface area contributed by atoms with Crippen molar-refractivity contribution in [1.29, 1.82) is 0 Å². The molecule has 0 bridgehead atoms. The summed E-state index contributed by atoms with van der Waals surface area (Å²) in [6.07, 6.45) is 0. The molecule has 0 saturated carbocycles. The van der Waals surface area contributed by atoms with Gasteiger partial charge in [0.25, 0.3) is 0 Å². The molecule has 3 rings (SSSR count). The van der Waals surface area contributed by atoms with Gasteiger partial charge in [0.05, 0.1) is 5.69 Å². The van der Waals surface area contributed by atoms with E-state index in [2.05, 4.69) is 32.6 Å². The maximum Gasteiger partial charge on any atom is 0.204 e. The lowest BCUT2D eigenvalue weighted by Gasteiger charge is -1.96. The first-order valence-electron chi connectivity index (χ1n) is 6.82. The van der Waals surface area contributed by atoms with Crippen LogP contribution in [-0.4, -0.2) is 31.7 Å². The minimum absolute atomic E-state index is 0.544. The Morgan fingerprint density at radius 2 is 2.10 bits per heavy atom. The quantitative estimate of drug-likeness (QED) is 0.753. The molecular formula is C14H16N6S. The summed E-state index contributed by atoms with van der Waals surface area (Å²) in [5.74, 6) is 0.638. The molecule has 0 amide bonds. The van der Waals surface area contributed by atoms with E-state index in [1.54, 1.807) is 16.1 Å². The van der Waals surface area contributed by atoms with Crippen molar-refractivity contribution < 1.29 is 0 Å². The molecule has 1 aromatic carbocycles. The molecule has 2 heterocycles. The molecule has 0 aliphatic heterocycles. The van der Waals surface area contributed by atoms with Gasteiger partial charge in [-0.1, -0.05) is 37.3 Å². The first-order chi connectivity index (χ1) is 10.3. The number of hydrogen-bond donors (Lipinski definition) is 1. The van der Waals surface area contributed by atoms with E-state index in [1.165, 1.54) is 0 Å². The number of rotatable bonds is 6. The highest BCUT2D eigenvalue weighted by Gasteiger charge is 2.07. The molecule has 7 heteroatoms. The predicted molar refractivity (Wildman–Crippen MR) is 81.8 cm³/mol. The average molecular weight is 300 g/mol. The van der Waals surface area contributed by atoms with E-state index in [1.807, 2.05) is 35.7 Å².